The highest BCUT2D eigenvalue weighted by Crippen LogP contribution is 2.38. The van der Waals surface area contributed by atoms with E-state index in [-0.39, 0.29) is 11.3 Å². The van der Waals surface area contributed by atoms with Crippen LogP contribution in [0, 0.1) is 23.2 Å². The van der Waals surface area contributed by atoms with E-state index in [1.165, 1.54) is 51.6 Å². The number of carbonyl (C=O) groups is 1. The standard InChI is InChI=1S/C18H32N2O/c1-18(2,3)17(21)19-16-9-15(8-13-4-5-13)11-20(12-16)10-14-6-7-14/h13-16H,4-12H2,1-3H3,(H,19,21). The van der Waals surface area contributed by atoms with Gasteiger partial charge in [-0.05, 0) is 43.4 Å². The summed E-state index contributed by atoms with van der Waals surface area (Å²) in [6.45, 7) is 9.63. The highest BCUT2D eigenvalue weighted by molar-refractivity contribution is 5.81. The van der Waals surface area contributed by atoms with Crippen molar-refractivity contribution in [3.05, 3.63) is 0 Å². The molecule has 3 nitrogen and oxygen atoms in total. The summed E-state index contributed by atoms with van der Waals surface area (Å²) in [5, 5.41) is 3.33. The summed E-state index contributed by atoms with van der Waals surface area (Å²) < 4.78 is 0. The van der Waals surface area contributed by atoms with E-state index in [2.05, 4.69) is 10.2 Å². The largest absolute Gasteiger partial charge is 0.352 e. The minimum atomic E-state index is -0.273. The number of rotatable bonds is 5. The predicted octanol–water partition coefficient (Wildman–Crippen LogP) is 3.05. The molecule has 3 fully saturated rings. The van der Waals surface area contributed by atoms with Gasteiger partial charge in [-0.1, -0.05) is 33.6 Å². The second kappa shape index (κ2) is 5.91. The minimum absolute atomic E-state index is 0.214. The van der Waals surface area contributed by atoms with Gasteiger partial charge in [-0.15, -0.1) is 0 Å². The van der Waals surface area contributed by atoms with Crippen molar-refractivity contribution >= 4 is 5.91 Å². The zero-order valence-corrected chi connectivity index (χ0v) is 14.0. The first kappa shape index (κ1) is 15.3. The third-order valence-corrected chi connectivity index (χ3v) is 5.21. The molecule has 0 aromatic heterocycles. The van der Waals surface area contributed by atoms with E-state index in [9.17, 15) is 4.79 Å². The molecular formula is C18H32N2O. The van der Waals surface area contributed by atoms with Crippen LogP contribution in [-0.2, 0) is 4.79 Å². The van der Waals surface area contributed by atoms with Crippen LogP contribution in [0.2, 0.25) is 0 Å². The van der Waals surface area contributed by atoms with Gasteiger partial charge in [0.25, 0.3) is 0 Å². The van der Waals surface area contributed by atoms with Crippen LogP contribution >= 0.6 is 0 Å². The number of nitrogens with one attached hydrogen (secondary N) is 1. The maximum atomic E-state index is 12.3. The average Bonchev–Trinajstić information content (AvgIpc) is 3.24. The number of likely N-dealkylation sites (tertiary alicyclic amines) is 1. The molecule has 1 heterocycles. The lowest BCUT2D eigenvalue weighted by molar-refractivity contribution is -0.129. The smallest absolute Gasteiger partial charge is 0.225 e. The molecular weight excluding hydrogens is 260 g/mol. The SMILES string of the molecule is CC(C)(C)C(=O)NC1CC(CC2CC2)CN(CC2CC2)C1. The van der Waals surface area contributed by atoms with Gasteiger partial charge in [0.15, 0.2) is 0 Å². The Kier molecular flexibility index (Phi) is 4.31. The molecule has 0 aromatic carbocycles. The van der Waals surface area contributed by atoms with Gasteiger partial charge in [-0.25, -0.2) is 0 Å². The van der Waals surface area contributed by atoms with E-state index >= 15 is 0 Å². The van der Waals surface area contributed by atoms with Crippen molar-refractivity contribution in [3.8, 4) is 0 Å². The van der Waals surface area contributed by atoms with Crippen LogP contribution in [0.25, 0.3) is 0 Å². The van der Waals surface area contributed by atoms with Gasteiger partial charge in [0.05, 0.1) is 0 Å². The first-order valence-corrected chi connectivity index (χ1v) is 8.93. The van der Waals surface area contributed by atoms with E-state index in [1.807, 2.05) is 20.8 Å². The van der Waals surface area contributed by atoms with Gasteiger partial charge in [0, 0.05) is 31.1 Å². The number of hydrogen-bond acceptors (Lipinski definition) is 2. The zero-order valence-electron chi connectivity index (χ0n) is 14.0. The topological polar surface area (TPSA) is 32.3 Å². The van der Waals surface area contributed by atoms with Crippen molar-refractivity contribution in [2.45, 2.75) is 65.3 Å². The molecule has 1 saturated heterocycles. The Morgan fingerprint density at radius 2 is 1.71 bits per heavy atom. The lowest BCUT2D eigenvalue weighted by Gasteiger charge is -2.39. The van der Waals surface area contributed by atoms with Crippen molar-refractivity contribution in [3.63, 3.8) is 0 Å². The van der Waals surface area contributed by atoms with Crippen LogP contribution in [0.4, 0.5) is 0 Å². The number of carbonyl (C=O) groups excluding carboxylic acids is 1. The van der Waals surface area contributed by atoms with Crippen LogP contribution < -0.4 is 5.32 Å². The summed E-state index contributed by atoms with van der Waals surface area (Å²) in [4.78, 5) is 14.9. The van der Waals surface area contributed by atoms with Crippen LogP contribution in [-0.4, -0.2) is 36.5 Å². The molecule has 0 spiro atoms. The van der Waals surface area contributed by atoms with Crippen LogP contribution in [0.1, 0.15) is 59.3 Å². The van der Waals surface area contributed by atoms with Crippen LogP contribution in [0.15, 0.2) is 0 Å². The molecule has 1 amide bonds. The van der Waals surface area contributed by atoms with Crippen molar-refractivity contribution in [1.82, 2.24) is 10.2 Å². The molecule has 0 radical (unpaired) electrons. The van der Waals surface area contributed by atoms with Gasteiger partial charge in [0.1, 0.15) is 0 Å². The molecule has 1 N–H and O–H groups in total. The molecule has 2 unspecified atom stereocenters. The Morgan fingerprint density at radius 1 is 1.05 bits per heavy atom. The summed E-state index contributed by atoms with van der Waals surface area (Å²) >= 11 is 0. The lowest BCUT2D eigenvalue weighted by Crippen LogP contribution is -2.53. The number of hydrogen-bond donors (Lipinski definition) is 1. The van der Waals surface area contributed by atoms with Gasteiger partial charge < -0.3 is 10.2 Å². The molecule has 0 aromatic rings. The predicted molar refractivity (Wildman–Crippen MR) is 86.0 cm³/mol. The lowest BCUT2D eigenvalue weighted by atomic mass is 9.88. The fraction of sp³-hybridized carbons (Fsp3) is 0.944. The molecule has 3 aliphatic rings. The Morgan fingerprint density at radius 3 is 2.29 bits per heavy atom. The van der Waals surface area contributed by atoms with E-state index in [1.54, 1.807) is 0 Å². The third kappa shape index (κ3) is 4.70. The number of piperidine rings is 1. The minimum Gasteiger partial charge on any atom is -0.352 e. The molecule has 0 bridgehead atoms. The summed E-state index contributed by atoms with van der Waals surface area (Å²) in [6, 6.07) is 0.368. The first-order valence-electron chi connectivity index (χ1n) is 8.93. The third-order valence-electron chi connectivity index (χ3n) is 5.21. The molecule has 1 aliphatic heterocycles. The number of nitrogens with zero attached hydrogens (tertiary/aromatic N) is 1. The van der Waals surface area contributed by atoms with Crippen molar-refractivity contribution in [2.75, 3.05) is 19.6 Å². The second-order valence-corrected chi connectivity index (χ2v) is 8.86. The summed E-state index contributed by atoms with van der Waals surface area (Å²) in [6.07, 6.45) is 8.31. The maximum Gasteiger partial charge on any atom is 0.225 e. The van der Waals surface area contributed by atoms with E-state index in [0.29, 0.717) is 6.04 Å². The highest BCUT2D eigenvalue weighted by Gasteiger charge is 2.35. The molecule has 3 heteroatoms. The fourth-order valence-electron chi connectivity index (χ4n) is 3.62. The van der Waals surface area contributed by atoms with Crippen molar-refractivity contribution in [1.29, 1.82) is 0 Å². The quantitative estimate of drug-likeness (QED) is 0.844. The highest BCUT2D eigenvalue weighted by atomic mass is 16.2. The Balaban J connectivity index is 1.56. The number of amides is 1. The van der Waals surface area contributed by atoms with Gasteiger partial charge in [-0.3, -0.25) is 4.79 Å². The molecule has 2 saturated carbocycles. The van der Waals surface area contributed by atoms with E-state index in [0.717, 1.165) is 24.3 Å². The van der Waals surface area contributed by atoms with Gasteiger partial charge >= 0.3 is 0 Å². The molecule has 21 heavy (non-hydrogen) atoms. The summed E-state index contributed by atoms with van der Waals surface area (Å²) in [5.74, 6) is 2.96. The van der Waals surface area contributed by atoms with E-state index < -0.39 is 0 Å². The fourth-order valence-corrected chi connectivity index (χ4v) is 3.62. The Labute approximate surface area is 129 Å². The maximum absolute atomic E-state index is 12.3. The van der Waals surface area contributed by atoms with Crippen LogP contribution in [0.3, 0.4) is 0 Å². The van der Waals surface area contributed by atoms with Gasteiger partial charge in [0.2, 0.25) is 5.91 Å². The van der Waals surface area contributed by atoms with Gasteiger partial charge in [-0.2, -0.15) is 0 Å². The molecule has 2 aliphatic carbocycles. The van der Waals surface area contributed by atoms with Crippen molar-refractivity contribution < 1.29 is 4.79 Å². The zero-order chi connectivity index (χ0) is 15.0. The van der Waals surface area contributed by atoms with Crippen LogP contribution in [0.5, 0.6) is 0 Å². The molecule has 3 rings (SSSR count). The first-order chi connectivity index (χ1) is 9.90. The van der Waals surface area contributed by atoms with E-state index in [4.69, 9.17) is 0 Å². The summed E-state index contributed by atoms with van der Waals surface area (Å²) in [5.41, 5.74) is -0.273. The summed E-state index contributed by atoms with van der Waals surface area (Å²) in [7, 11) is 0. The van der Waals surface area contributed by atoms with Crippen molar-refractivity contribution in [2.24, 2.45) is 23.2 Å². The average molecular weight is 292 g/mol. The monoisotopic (exact) mass is 292 g/mol. The Hall–Kier alpha value is -0.570. The Bertz CT molecular complexity index is 357. The molecule has 120 valence electrons. The normalized spacial score (nSPS) is 31.2. The second-order valence-electron chi connectivity index (χ2n) is 8.86. The molecule has 2 atom stereocenters.